The lowest BCUT2D eigenvalue weighted by atomic mass is 10.3. The van der Waals surface area contributed by atoms with Crippen LogP contribution in [0.1, 0.15) is 17.3 Å². The van der Waals surface area contributed by atoms with Gasteiger partial charge in [0.1, 0.15) is 11.6 Å². The molecule has 0 unspecified atom stereocenters. The number of benzene rings is 1. The van der Waals surface area contributed by atoms with Crippen molar-refractivity contribution in [3.8, 4) is 11.6 Å². The van der Waals surface area contributed by atoms with Gasteiger partial charge in [0, 0.05) is 6.42 Å². The monoisotopic (exact) mass is 355 g/mol. The third-order valence-electron chi connectivity index (χ3n) is 3.45. The minimum Gasteiger partial charge on any atom is -0.461 e. The number of hydrogen-bond donors (Lipinski definition) is 0. The van der Waals surface area contributed by atoms with Gasteiger partial charge in [0.15, 0.2) is 5.76 Å². The van der Waals surface area contributed by atoms with E-state index in [2.05, 4.69) is 15.1 Å². The summed E-state index contributed by atoms with van der Waals surface area (Å²) < 4.78 is 16.6. The number of aryl methyl sites for hydroxylation is 1. The van der Waals surface area contributed by atoms with Crippen molar-refractivity contribution < 1.29 is 18.5 Å². The number of fused-ring (bicyclic) bond motifs is 1. The van der Waals surface area contributed by atoms with Crippen LogP contribution in [0.2, 0.25) is 0 Å². The van der Waals surface area contributed by atoms with Gasteiger partial charge in [-0.15, -0.1) is 11.3 Å². The third-order valence-corrected chi connectivity index (χ3v) is 4.46. The average Bonchev–Trinajstić information content (AvgIpc) is 3.37. The molecule has 8 heteroatoms. The molecule has 0 N–H and O–H groups in total. The average molecular weight is 355 g/mol. The molecule has 0 saturated heterocycles. The first-order valence-corrected chi connectivity index (χ1v) is 8.46. The topological polar surface area (TPSA) is 91.2 Å². The van der Waals surface area contributed by atoms with Crippen molar-refractivity contribution >= 4 is 27.5 Å². The maximum Gasteiger partial charge on any atom is 0.306 e. The second-order valence-electron chi connectivity index (χ2n) is 5.23. The Morgan fingerprint density at radius 1 is 1.16 bits per heavy atom. The molecule has 0 radical (unpaired) electrons. The molecule has 7 nitrogen and oxygen atoms in total. The zero-order valence-corrected chi connectivity index (χ0v) is 13.9. The van der Waals surface area contributed by atoms with Crippen LogP contribution in [-0.4, -0.2) is 21.1 Å². The molecule has 4 rings (SSSR count). The molecule has 0 fully saturated rings. The van der Waals surface area contributed by atoms with Crippen molar-refractivity contribution in [2.24, 2.45) is 0 Å². The van der Waals surface area contributed by atoms with Gasteiger partial charge in [-0.2, -0.15) is 4.98 Å². The summed E-state index contributed by atoms with van der Waals surface area (Å²) in [4.78, 5) is 20.5. The van der Waals surface area contributed by atoms with Gasteiger partial charge in [0.25, 0.3) is 0 Å². The van der Waals surface area contributed by atoms with Crippen molar-refractivity contribution in [2.75, 3.05) is 0 Å². The van der Waals surface area contributed by atoms with Gasteiger partial charge in [-0.3, -0.25) is 4.79 Å². The molecule has 0 aliphatic carbocycles. The summed E-state index contributed by atoms with van der Waals surface area (Å²) in [6.07, 6.45) is 2.00. The van der Waals surface area contributed by atoms with Crippen LogP contribution in [0.4, 0.5) is 0 Å². The summed E-state index contributed by atoms with van der Waals surface area (Å²) in [7, 11) is 0. The Morgan fingerprint density at radius 2 is 2.08 bits per heavy atom. The molecule has 3 heterocycles. The number of carbonyl (C=O) groups is 1. The second kappa shape index (κ2) is 6.86. The van der Waals surface area contributed by atoms with Crippen molar-refractivity contribution in [1.29, 1.82) is 0 Å². The molecule has 1 aromatic carbocycles. The van der Waals surface area contributed by atoms with Crippen LogP contribution in [0.25, 0.3) is 21.8 Å². The van der Waals surface area contributed by atoms with Crippen LogP contribution in [0.15, 0.2) is 51.6 Å². The molecule has 0 atom stereocenters. The summed E-state index contributed by atoms with van der Waals surface area (Å²) in [5.74, 6) is 0.914. The lowest BCUT2D eigenvalue weighted by molar-refractivity contribution is -0.145. The summed E-state index contributed by atoms with van der Waals surface area (Å²) >= 11 is 1.52. The van der Waals surface area contributed by atoms with E-state index in [0.29, 0.717) is 23.9 Å². The van der Waals surface area contributed by atoms with E-state index in [-0.39, 0.29) is 19.0 Å². The highest BCUT2D eigenvalue weighted by molar-refractivity contribution is 7.18. The van der Waals surface area contributed by atoms with Crippen LogP contribution >= 0.6 is 11.3 Å². The number of furan rings is 1. The quantitative estimate of drug-likeness (QED) is 0.488. The molecular weight excluding hydrogens is 342 g/mol. The zero-order chi connectivity index (χ0) is 17.1. The predicted molar refractivity (Wildman–Crippen MR) is 89.7 cm³/mol. The molecule has 4 aromatic rings. The van der Waals surface area contributed by atoms with Gasteiger partial charge in [-0.25, -0.2) is 4.98 Å². The Balaban J connectivity index is 1.29. The number of carbonyl (C=O) groups excluding carboxylic acids is 1. The Hall–Kier alpha value is -3.00. The fraction of sp³-hybridized carbons (Fsp3) is 0.176. The molecule has 0 amide bonds. The van der Waals surface area contributed by atoms with E-state index in [1.807, 2.05) is 24.3 Å². The molecule has 0 spiro atoms. The Kier molecular flexibility index (Phi) is 4.26. The van der Waals surface area contributed by atoms with Crippen LogP contribution in [0.5, 0.6) is 0 Å². The van der Waals surface area contributed by atoms with E-state index in [0.717, 1.165) is 15.2 Å². The number of ether oxygens (including phenoxy) is 1. The standard InChI is InChI=1S/C17H13N3O4S/c21-16(23-10-15-18-11-4-1-2-6-13(11)25-15)8-7-14-19-17(20-24-14)12-5-3-9-22-12/h1-6,9H,7-8,10H2. The lowest BCUT2D eigenvalue weighted by Gasteiger charge is -2.00. The van der Waals surface area contributed by atoms with E-state index in [4.69, 9.17) is 13.7 Å². The van der Waals surface area contributed by atoms with Gasteiger partial charge in [0.05, 0.1) is 22.9 Å². The minimum absolute atomic E-state index is 0.157. The van der Waals surface area contributed by atoms with Gasteiger partial charge in [0.2, 0.25) is 11.7 Å². The molecule has 0 bridgehead atoms. The highest BCUT2D eigenvalue weighted by Crippen LogP contribution is 2.22. The first-order valence-electron chi connectivity index (χ1n) is 7.64. The molecular formula is C17H13N3O4S. The van der Waals surface area contributed by atoms with Crippen molar-refractivity contribution in [3.05, 3.63) is 53.6 Å². The van der Waals surface area contributed by atoms with E-state index in [1.54, 1.807) is 12.1 Å². The first kappa shape index (κ1) is 15.5. The first-order chi connectivity index (χ1) is 12.3. The summed E-state index contributed by atoms with van der Waals surface area (Å²) in [6.45, 7) is 0.166. The maximum absolute atomic E-state index is 11.9. The smallest absolute Gasteiger partial charge is 0.306 e. The number of rotatable bonds is 6. The Morgan fingerprint density at radius 3 is 2.92 bits per heavy atom. The molecule has 0 aliphatic heterocycles. The van der Waals surface area contributed by atoms with Gasteiger partial charge in [-0.05, 0) is 24.3 Å². The number of aromatic nitrogens is 3. The summed E-state index contributed by atoms with van der Waals surface area (Å²) in [5, 5.41) is 4.58. The molecule has 0 aliphatic rings. The zero-order valence-electron chi connectivity index (χ0n) is 13.0. The summed E-state index contributed by atoms with van der Waals surface area (Å²) in [5.41, 5.74) is 0.912. The fourth-order valence-corrected chi connectivity index (χ4v) is 3.15. The number of hydrogen-bond acceptors (Lipinski definition) is 8. The predicted octanol–water partition coefficient (Wildman–Crippen LogP) is 3.62. The Labute approximate surface area is 146 Å². The van der Waals surface area contributed by atoms with Crippen LogP contribution in [0, 0.1) is 0 Å². The Bertz CT molecular complexity index is 957. The second-order valence-corrected chi connectivity index (χ2v) is 6.34. The lowest BCUT2D eigenvalue weighted by Crippen LogP contribution is -2.06. The van der Waals surface area contributed by atoms with Gasteiger partial charge in [-0.1, -0.05) is 17.3 Å². The fourth-order valence-electron chi connectivity index (χ4n) is 2.27. The van der Waals surface area contributed by atoms with Crippen molar-refractivity contribution in [1.82, 2.24) is 15.1 Å². The van der Waals surface area contributed by atoms with E-state index in [9.17, 15) is 4.79 Å². The number of para-hydroxylation sites is 1. The van der Waals surface area contributed by atoms with E-state index in [1.165, 1.54) is 17.6 Å². The van der Waals surface area contributed by atoms with Crippen molar-refractivity contribution in [2.45, 2.75) is 19.4 Å². The largest absolute Gasteiger partial charge is 0.461 e. The molecule has 3 aromatic heterocycles. The molecule has 0 saturated carbocycles. The number of esters is 1. The SMILES string of the molecule is O=C(CCc1nc(-c2ccco2)no1)OCc1nc2ccccc2s1. The highest BCUT2D eigenvalue weighted by Gasteiger charge is 2.13. The highest BCUT2D eigenvalue weighted by atomic mass is 32.1. The van der Waals surface area contributed by atoms with E-state index >= 15 is 0 Å². The summed E-state index contributed by atoms with van der Waals surface area (Å²) in [6, 6.07) is 11.3. The third kappa shape index (κ3) is 3.58. The molecule has 126 valence electrons. The van der Waals surface area contributed by atoms with Crippen LogP contribution < -0.4 is 0 Å². The number of thiazole rings is 1. The normalized spacial score (nSPS) is 11.0. The minimum atomic E-state index is -0.336. The molecule has 25 heavy (non-hydrogen) atoms. The van der Waals surface area contributed by atoms with Crippen LogP contribution in [0.3, 0.4) is 0 Å². The van der Waals surface area contributed by atoms with Crippen LogP contribution in [-0.2, 0) is 22.6 Å². The maximum atomic E-state index is 11.9. The number of nitrogens with zero attached hydrogens (tertiary/aromatic N) is 3. The van der Waals surface area contributed by atoms with E-state index < -0.39 is 0 Å². The van der Waals surface area contributed by atoms with Gasteiger partial charge >= 0.3 is 5.97 Å². The van der Waals surface area contributed by atoms with Gasteiger partial charge < -0.3 is 13.7 Å². The van der Waals surface area contributed by atoms with Crippen molar-refractivity contribution in [3.63, 3.8) is 0 Å².